The average Bonchev–Trinajstić information content (AvgIpc) is 3.31. The molecule has 1 saturated heterocycles. The van der Waals surface area contributed by atoms with Gasteiger partial charge in [0.2, 0.25) is 5.91 Å². The number of rotatable bonds is 9. The molecule has 1 saturated carbocycles. The Balaban J connectivity index is 1.64. The highest BCUT2D eigenvalue weighted by molar-refractivity contribution is 6.31. The molecule has 4 amide bonds. The number of hydrogen-bond acceptors (Lipinski definition) is 5. The van der Waals surface area contributed by atoms with Gasteiger partial charge in [0.25, 0.3) is 11.8 Å². The van der Waals surface area contributed by atoms with E-state index in [-0.39, 0.29) is 34.2 Å². The second-order valence-corrected chi connectivity index (χ2v) is 11.1. The minimum Gasteiger partial charge on any atom is -0.351 e. The molecule has 1 N–H and O–H groups in total. The van der Waals surface area contributed by atoms with Gasteiger partial charge < -0.3 is 10.2 Å². The average molecular weight is 625 g/mol. The van der Waals surface area contributed by atoms with Crippen molar-refractivity contribution in [2.75, 3.05) is 22.9 Å². The highest BCUT2D eigenvalue weighted by Crippen LogP contribution is 2.39. The molecular formula is C31H28ClF3N6O3. The molecule has 44 heavy (non-hydrogen) atoms. The summed E-state index contributed by atoms with van der Waals surface area (Å²) in [5.41, 5.74) is 0.353. The van der Waals surface area contributed by atoms with Gasteiger partial charge >= 0.3 is 6.03 Å². The van der Waals surface area contributed by atoms with Crippen LogP contribution in [0.3, 0.4) is 0 Å². The fraction of sp³-hybridized carbons (Fsp3) is 0.323. The third kappa shape index (κ3) is 6.19. The van der Waals surface area contributed by atoms with Crippen molar-refractivity contribution in [2.24, 2.45) is 0 Å². The number of carbonyl (C=O) groups is 3. The first kappa shape index (κ1) is 30.8. The summed E-state index contributed by atoms with van der Waals surface area (Å²) in [5, 5.41) is 12.2. The van der Waals surface area contributed by atoms with Crippen molar-refractivity contribution in [3.05, 3.63) is 88.8 Å². The summed E-state index contributed by atoms with van der Waals surface area (Å²) in [5.74, 6) is -5.16. The van der Waals surface area contributed by atoms with Crippen LogP contribution in [0.25, 0.3) is 0 Å². The van der Waals surface area contributed by atoms with Gasteiger partial charge in [-0.25, -0.2) is 22.9 Å². The molecule has 2 fully saturated rings. The minimum absolute atomic E-state index is 0.0194. The van der Waals surface area contributed by atoms with E-state index in [1.165, 1.54) is 53.6 Å². The number of benzene rings is 2. The smallest absolute Gasteiger partial charge is 0.326 e. The van der Waals surface area contributed by atoms with Crippen molar-refractivity contribution < 1.29 is 27.6 Å². The number of nitrogens with one attached hydrogen (secondary N) is 1. The highest BCUT2D eigenvalue weighted by Gasteiger charge is 2.49. The van der Waals surface area contributed by atoms with Gasteiger partial charge in [0, 0.05) is 47.9 Å². The van der Waals surface area contributed by atoms with Gasteiger partial charge in [-0.15, -0.1) is 0 Å². The zero-order chi connectivity index (χ0) is 31.6. The van der Waals surface area contributed by atoms with Crippen LogP contribution >= 0.6 is 11.6 Å². The van der Waals surface area contributed by atoms with Gasteiger partial charge in [0.05, 0.1) is 18.2 Å². The molecule has 1 aromatic heterocycles. The fourth-order valence-corrected chi connectivity index (χ4v) is 5.74. The fourth-order valence-electron chi connectivity index (χ4n) is 5.50. The van der Waals surface area contributed by atoms with Crippen molar-refractivity contribution in [1.82, 2.24) is 15.2 Å². The Hall–Kier alpha value is -4.63. The number of nitrogens with zero attached hydrogens (tertiary/aromatic N) is 5. The second-order valence-electron chi connectivity index (χ2n) is 10.7. The van der Waals surface area contributed by atoms with Crippen molar-refractivity contribution >= 4 is 41.0 Å². The van der Waals surface area contributed by atoms with Crippen LogP contribution in [0.4, 0.5) is 29.5 Å². The number of halogens is 4. The van der Waals surface area contributed by atoms with E-state index >= 15 is 0 Å². The SMILES string of the molecule is CCCN1C[C@@H](C(=O)N(c2cccc(F)c2)C(C(=O)NC2CC(F)(F)C2)c2ccccc2Cl)N(c2cc(C#N)ccn2)C1=O. The van der Waals surface area contributed by atoms with Crippen LogP contribution in [-0.2, 0) is 9.59 Å². The minimum atomic E-state index is -2.92. The molecule has 0 bridgehead atoms. The maximum atomic E-state index is 14.7. The Labute approximate surface area is 256 Å². The molecule has 2 aliphatic rings. The van der Waals surface area contributed by atoms with Crippen molar-refractivity contribution in [1.29, 1.82) is 5.26 Å². The molecule has 2 heterocycles. The summed E-state index contributed by atoms with van der Waals surface area (Å²) >= 11 is 6.54. The number of amides is 4. The number of aromatic nitrogens is 1. The van der Waals surface area contributed by atoms with E-state index in [2.05, 4.69) is 10.3 Å². The van der Waals surface area contributed by atoms with Crippen molar-refractivity contribution in [3.63, 3.8) is 0 Å². The molecule has 0 spiro atoms. The predicted molar refractivity (Wildman–Crippen MR) is 157 cm³/mol. The lowest BCUT2D eigenvalue weighted by molar-refractivity contribution is -0.133. The number of pyridine rings is 1. The quantitative estimate of drug-likeness (QED) is 0.340. The summed E-state index contributed by atoms with van der Waals surface area (Å²) in [6.45, 7) is 2.07. The lowest BCUT2D eigenvalue weighted by Gasteiger charge is -2.39. The first-order valence-corrected chi connectivity index (χ1v) is 14.4. The van der Waals surface area contributed by atoms with E-state index in [0.29, 0.717) is 13.0 Å². The predicted octanol–water partition coefficient (Wildman–Crippen LogP) is 5.45. The largest absolute Gasteiger partial charge is 0.351 e. The van der Waals surface area contributed by atoms with Gasteiger partial charge in [-0.1, -0.05) is 42.8 Å². The standard InChI is InChI=1S/C31H28ClF3N6O3/c1-2-12-39-18-25(41(30(39)44)26-13-19(17-36)10-11-37-26)29(43)40(22-7-5-6-20(33)14-22)27(23-8-3-4-9-24(23)32)28(42)38-21-15-31(34,35)16-21/h3-11,13-14,21,25,27H,2,12,15-16,18H2,1H3,(H,38,42)/t25-,27?/m0/s1. The third-order valence-corrected chi connectivity index (χ3v) is 7.89. The second kappa shape index (κ2) is 12.5. The Bertz CT molecular complexity index is 1620. The van der Waals surface area contributed by atoms with E-state index in [1.807, 2.05) is 13.0 Å². The lowest BCUT2D eigenvalue weighted by Crippen LogP contribution is -2.56. The summed E-state index contributed by atoms with van der Waals surface area (Å²) < 4.78 is 42.0. The number of anilines is 2. The number of alkyl halides is 2. The van der Waals surface area contributed by atoms with Crippen LogP contribution < -0.4 is 15.1 Å². The molecule has 2 atom stereocenters. The van der Waals surface area contributed by atoms with Crippen LogP contribution in [-0.4, -0.2) is 58.8 Å². The maximum Gasteiger partial charge on any atom is 0.326 e. The van der Waals surface area contributed by atoms with Crippen LogP contribution in [0, 0.1) is 17.1 Å². The molecule has 228 valence electrons. The molecule has 0 radical (unpaired) electrons. The molecule has 1 aliphatic heterocycles. The topological polar surface area (TPSA) is 110 Å². The van der Waals surface area contributed by atoms with E-state index in [1.54, 1.807) is 12.1 Å². The van der Waals surface area contributed by atoms with Crippen LogP contribution in [0.5, 0.6) is 0 Å². The Morgan fingerprint density at radius 3 is 2.59 bits per heavy atom. The number of carbonyl (C=O) groups excluding carboxylic acids is 3. The van der Waals surface area contributed by atoms with E-state index in [4.69, 9.17) is 11.6 Å². The molecule has 3 aromatic rings. The monoisotopic (exact) mass is 624 g/mol. The molecule has 5 rings (SSSR count). The number of urea groups is 1. The summed E-state index contributed by atoms with van der Waals surface area (Å²) in [4.78, 5) is 50.2. The summed E-state index contributed by atoms with van der Waals surface area (Å²) in [6.07, 6.45) is 0.777. The van der Waals surface area contributed by atoms with Crippen molar-refractivity contribution in [2.45, 2.75) is 50.2 Å². The summed E-state index contributed by atoms with van der Waals surface area (Å²) in [6, 6.07) is 11.9. The lowest BCUT2D eigenvalue weighted by atomic mass is 9.87. The van der Waals surface area contributed by atoms with Crippen LogP contribution in [0.1, 0.15) is 43.4 Å². The molecule has 9 nitrogen and oxygen atoms in total. The zero-order valence-electron chi connectivity index (χ0n) is 23.6. The van der Waals surface area contributed by atoms with Gasteiger partial charge in [0.15, 0.2) is 0 Å². The van der Waals surface area contributed by atoms with Crippen LogP contribution in [0.2, 0.25) is 5.02 Å². The molecule has 1 unspecified atom stereocenters. The third-order valence-electron chi connectivity index (χ3n) is 7.55. The van der Waals surface area contributed by atoms with Crippen molar-refractivity contribution in [3.8, 4) is 6.07 Å². The number of nitriles is 1. The van der Waals surface area contributed by atoms with Gasteiger partial charge in [0.1, 0.15) is 23.7 Å². The van der Waals surface area contributed by atoms with E-state index < -0.39 is 60.6 Å². The molecule has 13 heteroatoms. The first-order chi connectivity index (χ1) is 21.0. The molecule has 2 aromatic carbocycles. The Morgan fingerprint density at radius 1 is 1.18 bits per heavy atom. The Kier molecular flexibility index (Phi) is 8.78. The van der Waals surface area contributed by atoms with Gasteiger partial charge in [-0.05, 0) is 42.8 Å². The Morgan fingerprint density at radius 2 is 1.93 bits per heavy atom. The molecule has 1 aliphatic carbocycles. The molecular weight excluding hydrogens is 597 g/mol. The van der Waals surface area contributed by atoms with Gasteiger partial charge in [-0.2, -0.15) is 5.26 Å². The van der Waals surface area contributed by atoms with Crippen LogP contribution in [0.15, 0.2) is 66.9 Å². The first-order valence-electron chi connectivity index (χ1n) is 14.0. The number of hydrogen-bond donors (Lipinski definition) is 1. The van der Waals surface area contributed by atoms with E-state index in [9.17, 15) is 32.8 Å². The highest BCUT2D eigenvalue weighted by atomic mass is 35.5. The summed E-state index contributed by atoms with van der Waals surface area (Å²) in [7, 11) is 0. The maximum absolute atomic E-state index is 14.7. The van der Waals surface area contributed by atoms with Gasteiger partial charge in [-0.3, -0.25) is 19.4 Å². The zero-order valence-corrected chi connectivity index (χ0v) is 24.3. The van der Waals surface area contributed by atoms with E-state index in [0.717, 1.165) is 15.9 Å². The normalized spacial score (nSPS) is 18.4.